The van der Waals surface area contributed by atoms with Crippen molar-refractivity contribution in [1.82, 2.24) is 5.32 Å². The van der Waals surface area contributed by atoms with E-state index >= 15 is 0 Å². The second-order valence-corrected chi connectivity index (χ2v) is 6.16. The zero-order valence-electron chi connectivity index (χ0n) is 12.2. The monoisotopic (exact) mass is 237 g/mol. The standard InChI is InChI=1S/C15H27NO/c1-7-8-16-13(10-15(4,5)6)14-9-11(2)12(3)17-14/h9,13,16H,7-8,10H2,1-6H3. The molecule has 0 aromatic carbocycles. The van der Waals surface area contributed by atoms with Crippen LogP contribution in [0.15, 0.2) is 10.5 Å². The van der Waals surface area contributed by atoms with E-state index in [1.807, 2.05) is 6.92 Å². The van der Waals surface area contributed by atoms with Gasteiger partial charge in [0.15, 0.2) is 0 Å². The molecule has 1 atom stereocenters. The van der Waals surface area contributed by atoms with E-state index in [1.54, 1.807) is 0 Å². The van der Waals surface area contributed by atoms with Gasteiger partial charge >= 0.3 is 0 Å². The average Bonchev–Trinajstić information content (AvgIpc) is 2.52. The van der Waals surface area contributed by atoms with E-state index in [0.29, 0.717) is 11.5 Å². The van der Waals surface area contributed by atoms with Gasteiger partial charge < -0.3 is 9.73 Å². The summed E-state index contributed by atoms with van der Waals surface area (Å²) in [5.74, 6) is 2.13. The summed E-state index contributed by atoms with van der Waals surface area (Å²) in [6, 6.07) is 2.51. The van der Waals surface area contributed by atoms with Gasteiger partial charge in [0, 0.05) is 0 Å². The fraction of sp³-hybridized carbons (Fsp3) is 0.733. The summed E-state index contributed by atoms with van der Waals surface area (Å²) < 4.78 is 5.86. The highest BCUT2D eigenvalue weighted by atomic mass is 16.3. The first-order chi connectivity index (χ1) is 7.83. The van der Waals surface area contributed by atoms with Crippen molar-refractivity contribution in [2.75, 3.05) is 6.54 Å². The number of hydrogen-bond acceptors (Lipinski definition) is 2. The fourth-order valence-electron chi connectivity index (χ4n) is 1.98. The minimum Gasteiger partial charge on any atom is -0.464 e. The van der Waals surface area contributed by atoms with Gasteiger partial charge in [-0.2, -0.15) is 0 Å². The number of rotatable bonds is 5. The molecule has 0 aliphatic heterocycles. The molecule has 2 nitrogen and oxygen atoms in total. The molecule has 1 rings (SSSR count). The van der Waals surface area contributed by atoms with Gasteiger partial charge in [-0.25, -0.2) is 0 Å². The van der Waals surface area contributed by atoms with E-state index in [9.17, 15) is 0 Å². The normalized spacial score (nSPS) is 14.0. The van der Waals surface area contributed by atoms with Crippen LogP contribution in [0.3, 0.4) is 0 Å². The van der Waals surface area contributed by atoms with Gasteiger partial charge in [0.05, 0.1) is 6.04 Å². The Morgan fingerprint density at radius 2 is 1.94 bits per heavy atom. The van der Waals surface area contributed by atoms with Crippen molar-refractivity contribution < 1.29 is 4.42 Å². The highest BCUT2D eigenvalue weighted by molar-refractivity contribution is 5.21. The Morgan fingerprint density at radius 3 is 2.35 bits per heavy atom. The number of aryl methyl sites for hydroxylation is 2. The fourth-order valence-corrected chi connectivity index (χ4v) is 1.98. The molecule has 17 heavy (non-hydrogen) atoms. The Kier molecular flexibility index (Phi) is 4.81. The van der Waals surface area contributed by atoms with Crippen molar-refractivity contribution >= 4 is 0 Å². The molecular formula is C15H27NO. The second kappa shape index (κ2) is 5.72. The van der Waals surface area contributed by atoms with E-state index in [2.05, 4.69) is 46.0 Å². The van der Waals surface area contributed by atoms with Crippen molar-refractivity contribution in [2.45, 2.75) is 60.4 Å². The van der Waals surface area contributed by atoms with Gasteiger partial charge in [0.2, 0.25) is 0 Å². The maximum atomic E-state index is 5.86. The van der Waals surface area contributed by atoms with E-state index in [0.717, 1.165) is 30.9 Å². The van der Waals surface area contributed by atoms with Crippen LogP contribution in [0.5, 0.6) is 0 Å². The van der Waals surface area contributed by atoms with Gasteiger partial charge in [0.25, 0.3) is 0 Å². The van der Waals surface area contributed by atoms with Crippen LogP contribution in [-0.4, -0.2) is 6.54 Å². The first-order valence-electron chi connectivity index (χ1n) is 6.64. The summed E-state index contributed by atoms with van der Waals surface area (Å²) in [5, 5.41) is 3.59. The molecule has 0 saturated heterocycles. The molecular weight excluding hydrogens is 210 g/mol. The maximum Gasteiger partial charge on any atom is 0.121 e. The highest BCUT2D eigenvalue weighted by Gasteiger charge is 2.22. The molecule has 0 radical (unpaired) electrons. The van der Waals surface area contributed by atoms with Gasteiger partial charge in [-0.3, -0.25) is 0 Å². The van der Waals surface area contributed by atoms with Crippen LogP contribution in [0, 0.1) is 19.3 Å². The first kappa shape index (κ1) is 14.3. The van der Waals surface area contributed by atoms with Crippen LogP contribution in [0.2, 0.25) is 0 Å². The molecule has 1 aromatic heterocycles. The molecule has 1 aromatic rings. The predicted molar refractivity (Wildman–Crippen MR) is 73.3 cm³/mol. The molecule has 1 N–H and O–H groups in total. The zero-order chi connectivity index (χ0) is 13.1. The number of hydrogen-bond donors (Lipinski definition) is 1. The third-order valence-electron chi connectivity index (χ3n) is 2.99. The molecule has 0 spiro atoms. The van der Waals surface area contributed by atoms with Crippen LogP contribution in [0.1, 0.15) is 63.7 Å². The van der Waals surface area contributed by atoms with E-state index in [1.165, 1.54) is 5.56 Å². The van der Waals surface area contributed by atoms with Crippen LogP contribution in [0.4, 0.5) is 0 Å². The second-order valence-electron chi connectivity index (χ2n) is 6.16. The molecule has 2 heteroatoms. The summed E-state index contributed by atoms with van der Waals surface area (Å²) in [7, 11) is 0. The SMILES string of the molecule is CCCNC(CC(C)(C)C)c1cc(C)c(C)o1. The summed E-state index contributed by atoms with van der Waals surface area (Å²) in [6.45, 7) is 14.2. The van der Waals surface area contributed by atoms with Crippen molar-refractivity contribution in [3.8, 4) is 0 Å². The summed E-state index contributed by atoms with van der Waals surface area (Å²) in [6.07, 6.45) is 2.25. The largest absolute Gasteiger partial charge is 0.464 e. The maximum absolute atomic E-state index is 5.86. The Labute approximate surface area is 106 Å². The Balaban J connectivity index is 2.81. The number of nitrogens with one attached hydrogen (secondary N) is 1. The molecule has 1 heterocycles. The van der Waals surface area contributed by atoms with E-state index in [4.69, 9.17) is 4.42 Å². The Bertz CT molecular complexity index is 327. The van der Waals surface area contributed by atoms with Gasteiger partial charge in [-0.05, 0) is 50.3 Å². The molecule has 0 fully saturated rings. The summed E-state index contributed by atoms with van der Waals surface area (Å²) >= 11 is 0. The van der Waals surface area contributed by atoms with Gasteiger partial charge in [0.1, 0.15) is 11.5 Å². The smallest absolute Gasteiger partial charge is 0.121 e. The van der Waals surface area contributed by atoms with Crippen molar-refractivity contribution in [2.24, 2.45) is 5.41 Å². The zero-order valence-corrected chi connectivity index (χ0v) is 12.2. The minimum absolute atomic E-state index is 0.306. The summed E-state index contributed by atoms with van der Waals surface area (Å²) in [4.78, 5) is 0. The molecule has 0 amide bonds. The molecule has 98 valence electrons. The third kappa shape index (κ3) is 4.55. The molecule has 0 aliphatic rings. The Morgan fingerprint density at radius 1 is 1.29 bits per heavy atom. The van der Waals surface area contributed by atoms with E-state index < -0.39 is 0 Å². The quantitative estimate of drug-likeness (QED) is 0.822. The van der Waals surface area contributed by atoms with Gasteiger partial charge in [-0.15, -0.1) is 0 Å². The molecule has 0 aliphatic carbocycles. The highest BCUT2D eigenvalue weighted by Crippen LogP contribution is 2.31. The summed E-state index contributed by atoms with van der Waals surface area (Å²) in [5.41, 5.74) is 1.55. The first-order valence-corrected chi connectivity index (χ1v) is 6.64. The van der Waals surface area contributed by atoms with Crippen LogP contribution >= 0.6 is 0 Å². The topological polar surface area (TPSA) is 25.2 Å². The molecule has 0 bridgehead atoms. The van der Waals surface area contributed by atoms with E-state index in [-0.39, 0.29) is 0 Å². The molecule has 1 unspecified atom stereocenters. The van der Waals surface area contributed by atoms with Crippen molar-refractivity contribution in [3.63, 3.8) is 0 Å². The van der Waals surface area contributed by atoms with Gasteiger partial charge in [-0.1, -0.05) is 27.7 Å². The van der Waals surface area contributed by atoms with Crippen LogP contribution in [-0.2, 0) is 0 Å². The van der Waals surface area contributed by atoms with Crippen LogP contribution < -0.4 is 5.32 Å². The Hall–Kier alpha value is -0.760. The lowest BCUT2D eigenvalue weighted by Crippen LogP contribution is -2.26. The lowest BCUT2D eigenvalue weighted by atomic mass is 9.87. The third-order valence-corrected chi connectivity index (χ3v) is 2.99. The lowest BCUT2D eigenvalue weighted by molar-refractivity contribution is 0.281. The minimum atomic E-state index is 0.306. The molecule has 0 saturated carbocycles. The lowest BCUT2D eigenvalue weighted by Gasteiger charge is -2.25. The van der Waals surface area contributed by atoms with Crippen molar-refractivity contribution in [3.05, 3.63) is 23.2 Å². The number of furan rings is 1. The van der Waals surface area contributed by atoms with Crippen molar-refractivity contribution in [1.29, 1.82) is 0 Å². The predicted octanol–water partition coefficient (Wildman–Crippen LogP) is 4.37. The van der Waals surface area contributed by atoms with Crippen LogP contribution in [0.25, 0.3) is 0 Å². The average molecular weight is 237 g/mol.